The zero-order valence-electron chi connectivity index (χ0n) is 12.7. The number of hydrogen-bond donors (Lipinski definition) is 3. The van der Waals surface area contributed by atoms with Crippen LogP contribution in [0.15, 0.2) is 18.2 Å². The number of aryl methyl sites for hydroxylation is 1. The summed E-state index contributed by atoms with van der Waals surface area (Å²) in [4.78, 5) is 24.0. The third-order valence-corrected chi connectivity index (χ3v) is 2.86. The van der Waals surface area contributed by atoms with Crippen LogP contribution in [0.1, 0.15) is 36.7 Å². The van der Waals surface area contributed by atoms with E-state index >= 15 is 0 Å². The molecular weight excluding hydrogens is 254 g/mol. The lowest BCUT2D eigenvalue weighted by molar-refractivity contribution is -0.123. The van der Waals surface area contributed by atoms with Crippen molar-refractivity contribution in [3.63, 3.8) is 0 Å². The molecule has 0 radical (unpaired) electrons. The van der Waals surface area contributed by atoms with E-state index in [2.05, 4.69) is 16.0 Å². The second-order valence-electron chi connectivity index (χ2n) is 5.16. The molecule has 0 aliphatic heterocycles. The smallest absolute Gasteiger partial charge is 0.254 e. The van der Waals surface area contributed by atoms with Crippen LogP contribution in [-0.2, 0) is 4.79 Å². The molecule has 0 bridgehead atoms. The van der Waals surface area contributed by atoms with Gasteiger partial charge in [-0.2, -0.15) is 0 Å². The number of hydrogen-bond acceptors (Lipinski definition) is 3. The Labute approximate surface area is 120 Å². The van der Waals surface area contributed by atoms with Gasteiger partial charge in [-0.25, -0.2) is 0 Å². The minimum Gasteiger partial charge on any atom is -0.387 e. The lowest BCUT2D eigenvalue weighted by Gasteiger charge is -2.17. The van der Waals surface area contributed by atoms with Gasteiger partial charge in [0.25, 0.3) is 5.91 Å². The average Bonchev–Trinajstić information content (AvgIpc) is 2.37. The predicted octanol–water partition coefficient (Wildman–Crippen LogP) is 1.68. The fourth-order valence-corrected chi connectivity index (χ4v) is 1.81. The normalized spacial score (nSPS) is 11.9. The molecule has 0 fully saturated rings. The molecule has 1 aromatic carbocycles. The van der Waals surface area contributed by atoms with Gasteiger partial charge in [-0.3, -0.25) is 9.59 Å². The van der Waals surface area contributed by atoms with Crippen LogP contribution in [0.4, 0.5) is 5.69 Å². The molecule has 0 spiro atoms. The summed E-state index contributed by atoms with van der Waals surface area (Å²) in [5.74, 6) is -0.448. The minimum absolute atomic E-state index is 0.0497. The summed E-state index contributed by atoms with van der Waals surface area (Å²) in [6.07, 6.45) is 0. The van der Waals surface area contributed by atoms with E-state index in [-0.39, 0.29) is 17.9 Å². The fourth-order valence-electron chi connectivity index (χ4n) is 1.81. The standard InChI is InChI=1S/C15H23N3O2/c1-9(2)17-14(19)11(4)18-15(20)12-8-10(3)6-7-13(12)16-5/h6-9,11,16H,1-5H3,(H,17,19)(H,18,20). The number of carbonyl (C=O) groups is 2. The molecule has 0 saturated heterocycles. The van der Waals surface area contributed by atoms with Gasteiger partial charge < -0.3 is 16.0 Å². The van der Waals surface area contributed by atoms with Gasteiger partial charge in [0.2, 0.25) is 5.91 Å². The lowest BCUT2D eigenvalue weighted by Crippen LogP contribution is -2.46. The Kier molecular flexibility index (Phi) is 5.55. The largest absolute Gasteiger partial charge is 0.387 e. The van der Waals surface area contributed by atoms with Crippen LogP contribution in [0.25, 0.3) is 0 Å². The molecule has 0 aliphatic carbocycles. The first kappa shape index (κ1) is 16.0. The highest BCUT2D eigenvalue weighted by molar-refractivity contribution is 6.01. The first-order chi connectivity index (χ1) is 9.35. The van der Waals surface area contributed by atoms with Crippen LogP contribution < -0.4 is 16.0 Å². The molecule has 5 heteroatoms. The zero-order chi connectivity index (χ0) is 15.3. The van der Waals surface area contributed by atoms with Crippen molar-refractivity contribution in [3.8, 4) is 0 Å². The Morgan fingerprint density at radius 2 is 1.75 bits per heavy atom. The van der Waals surface area contributed by atoms with Gasteiger partial charge in [0.1, 0.15) is 6.04 Å². The van der Waals surface area contributed by atoms with E-state index in [1.807, 2.05) is 32.9 Å². The fraction of sp³-hybridized carbons (Fsp3) is 0.467. The second-order valence-corrected chi connectivity index (χ2v) is 5.16. The van der Waals surface area contributed by atoms with Crippen molar-refractivity contribution in [1.29, 1.82) is 0 Å². The van der Waals surface area contributed by atoms with Crippen LogP contribution in [-0.4, -0.2) is 30.9 Å². The SMILES string of the molecule is CNc1ccc(C)cc1C(=O)NC(C)C(=O)NC(C)C. The van der Waals surface area contributed by atoms with Gasteiger partial charge in [0, 0.05) is 18.8 Å². The molecule has 2 amide bonds. The first-order valence-electron chi connectivity index (χ1n) is 6.74. The summed E-state index contributed by atoms with van der Waals surface area (Å²) in [6.45, 7) is 7.35. The maximum atomic E-state index is 12.2. The summed E-state index contributed by atoms with van der Waals surface area (Å²) >= 11 is 0. The van der Waals surface area contributed by atoms with Crippen LogP contribution in [0, 0.1) is 6.92 Å². The molecule has 1 unspecified atom stereocenters. The van der Waals surface area contributed by atoms with Crippen molar-refractivity contribution in [3.05, 3.63) is 29.3 Å². The summed E-state index contributed by atoms with van der Waals surface area (Å²) in [5, 5.41) is 8.46. The van der Waals surface area contributed by atoms with E-state index < -0.39 is 6.04 Å². The van der Waals surface area contributed by atoms with E-state index in [1.165, 1.54) is 0 Å². The summed E-state index contributed by atoms with van der Waals surface area (Å²) in [6, 6.07) is 5.05. The monoisotopic (exact) mass is 277 g/mol. The maximum Gasteiger partial charge on any atom is 0.254 e. The number of carbonyl (C=O) groups excluding carboxylic acids is 2. The third-order valence-electron chi connectivity index (χ3n) is 2.86. The van der Waals surface area contributed by atoms with E-state index in [0.717, 1.165) is 11.3 Å². The molecule has 20 heavy (non-hydrogen) atoms. The van der Waals surface area contributed by atoms with Crippen LogP contribution in [0.5, 0.6) is 0 Å². The Balaban J connectivity index is 2.81. The maximum absolute atomic E-state index is 12.2. The van der Waals surface area contributed by atoms with Crippen molar-refractivity contribution < 1.29 is 9.59 Å². The molecule has 3 N–H and O–H groups in total. The van der Waals surface area contributed by atoms with Crippen molar-refractivity contribution >= 4 is 17.5 Å². The number of rotatable bonds is 5. The second kappa shape index (κ2) is 6.93. The van der Waals surface area contributed by atoms with Crippen molar-refractivity contribution in [2.24, 2.45) is 0 Å². The highest BCUT2D eigenvalue weighted by Crippen LogP contribution is 2.16. The third kappa shape index (κ3) is 4.26. The number of amides is 2. The summed E-state index contributed by atoms with van der Waals surface area (Å²) in [7, 11) is 1.76. The molecule has 0 aliphatic rings. The molecular formula is C15H23N3O2. The van der Waals surface area contributed by atoms with Crippen molar-refractivity contribution in [2.45, 2.75) is 39.8 Å². The first-order valence-corrected chi connectivity index (χ1v) is 6.74. The van der Waals surface area contributed by atoms with Gasteiger partial charge >= 0.3 is 0 Å². The average molecular weight is 277 g/mol. The molecule has 0 saturated carbocycles. The number of nitrogens with one attached hydrogen (secondary N) is 3. The zero-order valence-corrected chi connectivity index (χ0v) is 12.7. The van der Waals surface area contributed by atoms with E-state index in [4.69, 9.17) is 0 Å². The Morgan fingerprint density at radius 3 is 2.30 bits per heavy atom. The highest BCUT2D eigenvalue weighted by Gasteiger charge is 2.18. The molecule has 0 aromatic heterocycles. The summed E-state index contributed by atoms with van der Waals surface area (Å²) < 4.78 is 0. The van der Waals surface area contributed by atoms with Crippen LogP contribution in [0.2, 0.25) is 0 Å². The molecule has 1 aromatic rings. The quantitative estimate of drug-likeness (QED) is 0.767. The van der Waals surface area contributed by atoms with Gasteiger partial charge in [0.15, 0.2) is 0 Å². The van der Waals surface area contributed by atoms with E-state index in [1.54, 1.807) is 20.0 Å². The van der Waals surface area contributed by atoms with Gasteiger partial charge in [0.05, 0.1) is 5.56 Å². The lowest BCUT2D eigenvalue weighted by atomic mass is 10.1. The molecule has 1 rings (SSSR count). The van der Waals surface area contributed by atoms with Gasteiger partial charge in [-0.05, 0) is 39.8 Å². The minimum atomic E-state index is -0.574. The topological polar surface area (TPSA) is 70.2 Å². The van der Waals surface area contributed by atoms with Gasteiger partial charge in [-0.15, -0.1) is 0 Å². The van der Waals surface area contributed by atoms with Crippen LogP contribution >= 0.6 is 0 Å². The van der Waals surface area contributed by atoms with Crippen LogP contribution in [0.3, 0.4) is 0 Å². The molecule has 1 atom stereocenters. The molecule has 110 valence electrons. The molecule has 5 nitrogen and oxygen atoms in total. The predicted molar refractivity (Wildman–Crippen MR) is 80.9 cm³/mol. The highest BCUT2D eigenvalue weighted by atomic mass is 16.2. The Hall–Kier alpha value is -2.04. The van der Waals surface area contributed by atoms with E-state index in [0.29, 0.717) is 5.56 Å². The van der Waals surface area contributed by atoms with Gasteiger partial charge in [-0.1, -0.05) is 11.6 Å². The van der Waals surface area contributed by atoms with Crippen molar-refractivity contribution in [2.75, 3.05) is 12.4 Å². The van der Waals surface area contributed by atoms with Crippen molar-refractivity contribution in [1.82, 2.24) is 10.6 Å². The number of benzene rings is 1. The van der Waals surface area contributed by atoms with E-state index in [9.17, 15) is 9.59 Å². The Morgan fingerprint density at radius 1 is 1.10 bits per heavy atom. The molecule has 0 heterocycles. The summed E-state index contributed by atoms with van der Waals surface area (Å²) in [5.41, 5.74) is 2.27. The Bertz CT molecular complexity index is 498. The number of anilines is 1.